The third-order valence-corrected chi connectivity index (χ3v) is 4.86. The van der Waals surface area contributed by atoms with Crippen molar-refractivity contribution >= 4 is 23.6 Å². The summed E-state index contributed by atoms with van der Waals surface area (Å²) in [6.45, 7) is 1.65. The van der Waals surface area contributed by atoms with Gasteiger partial charge >= 0.3 is 0 Å². The Labute approximate surface area is 123 Å². The molecule has 5 heteroatoms. The molecular formula is C15H18N2O2S. The zero-order valence-electron chi connectivity index (χ0n) is 11.3. The number of amides is 2. The van der Waals surface area contributed by atoms with Gasteiger partial charge in [0.1, 0.15) is 6.04 Å². The minimum absolute atomic E-state index is 0.108. The van der Waals surface area contributed by atoms with E-state index >= 15 is 0 Å². The molecule has 1 atom stereocenters. The fraction of sp³-hybridized carbons (Fsp3) is 0.467. The van der Waals surface area contributed by atoms with Gasteiger partial charge in [-0.3, -0.25) is 9.59 Å². The third-order valence-electron chi connectivity index (χ3n) is 3.87. The van der Waals surface area contributed by atoms with E-state index in [1.165, 1.54) is 4.90 Å². The summed E-state index contributed by atoms with van der Waals surface area (Å²) in [6, 6.07) is 9.95. The summed E-state index contributed by atoms with van der Waals surface area (Å²) in [7, 11) is 0. The summed E-state index contributed by atoms with van der Waals surface area (Å²) < 4.78 is 0. The highest BCUT2D eigenvalue weighted by Gasteiger charge is 2.41. The van der Waals surface area contributed by atoms with E-state index in [4.69, 9.17) is 0 Å². The smallest absolute Gasteiger partial charge is 0.245 e. The number of carbonyl (C=O) groups excluding carboxylic acids is 2. The summed E-state index contributed by atoms with van der Waals surface area (Å²) >= 11 is 1.72. The van der Waals surface area contributed by atoms with Crippen LogP contribution in [0.5, 0.6) is 0 Å². The van der Waals surface area contributed by atoms with Crippen LogP contribution >= 0.6 is 11.8 Å². The van der Waals surface area contributed by atoms with E-state index in [2.05, 4.69) is 12.1 Å². The minimum Gasteiger partial charge on any atom is -0.331 e. The lowest BCUT2D eigenvalue weighted by molar-refractivity contribution is -0.153. The van der Waals surface area contributed by atoms with E-state index in [-0.39, 0.29) is 24.4 Å². The van der Waals surface area contributed by atoms with Crippen LogP contribution in [0.25, 0.3) is 0 Å². The molecule has 2 amide bonds. The van der Waals surface area contributed by atoms with Crippen molar-refractivity contribution in [3.63, 3.8) is 0 Å². The van der Waals surface area contributed by atoms with Crippen molar-refractivity contribution in [1.82, 2.24) is 9.80 Å². The molecule has 0 spiro atoms. The second kappa shape index (κ2) is 5.87. The van der Waals surface area contributed by atoms with Gasteiger partial charge in [-0.25, -0.2) is 0 Å². The number of fused-ring (bicyclic) bond motifs is 1. The second-order valence-corrected chi connectivity index (χ2v) is 6.33. The van der Waals surface area contributed by atoms with Gasteiger partial charge in [-0.05, 0) is 25.0 Å². The van der Waals surface area contributed by atoms with E-state index in [1.807, 2.05) is 18.2 Å². The van der Waals surface area contributed by atoms with Gasteiger partial charge in [0.25, 0.3) is 0 Å². The Morgan fingerprint density at radius 2 is 2.00 bits per heavy atom. The first-order chi connectivity index (χ1) is 9.75. The summed E-state index contributed by atoms with van der Waals surface area (Å²) in [5, 5.41) is 0. The van der Waals surface area contributed by atoms with Crippen LogP contribution in [0.1, 0.15) is 12.8 Å². The van der Waals surface area contributed by atoms with Crippen molar-refractivity contribution in [2.24, 2.45) is 0 Å². The maximum Gasteiger partial charge on any atom is 0.245 e. The van der Waals surface area contributed by atoms with Gasteiger partial charge in [0.15, 0.2) is 0 Å². The van der Waals surface area contributed by atoms with Crippen molar-refractivity contribution in [3.05, 3.63) is 30.3 Å². The van der Waals surface area contributed by atoms with Crippen LogP contribution in [0.2, 0.25) is 0 Å². The molecule has 0 N–H and O–H groups in total. The fourth-order valence-electron chi connectivity index (χ4n) is 2.84. The van der Waals surface area contributed by atoms with Crippen LogP contribution in [-0.2, 0) is 9.59 Å². The van der Waals surface area contributed by atoms with Crippen LogP contribution in [-0.4, -0.2) is 53.0 Å². The lowest BCUT2D eigenvalue weighted by Crippen LogP contribution is -2.57. The molecule has 0 radical (unpaired) electrons. The minimum atomic E-state index is -0.182. The van der Waals surface area contributed by atoms with Gasteiger partial charge in [-0.1, -0.05) is 18.2 Å². The molecule has 0 aromatic heterocycles. The van der Waals surface area contributed by atoms with Crippen LogP contribution in [0, 0.1) is 0 Å². The molecule has 2 fully saturated rings. The molecule has 2 aliphatic heterocycles. The van der Waals surface area contributed by atoms with Crippen LogP contribution in [0.15, 0.2) is 35.2 Å². The Morgan fingerprint density at radius 1 is 1.20 bits per heavy atom. The van der Waals surface area contributed by atoms with Crippen LogP contribution in [0.4, 0.5) is 0 Å². The second-order valence-electron chi connectivity index (χ2n) is 5.17. The monoisotopic (exact) mass is 290 g/mol. The molecule has 0 aliphatic carbocycles. The van der Waals surface area contributed by atoms with Crippen molar-refractivity contribution in [1.29, 1.82) is 0 Å². The molecule has 0 bridgehead atoms. The van der Waals surface area contributed by atoms with E-state index in [0.717, 1.165) is 25.1 Å². The quantitative estimate of drug-likeness (QED) is 0.791. The van der Waals surface area contributed by atoms with Crippen molar-refractivity contribution in [2.75, 3.05) is 25.4 Å². The van der Waals surface area contributed by atoms with Gasteiger partial charge in [-0.2, -0.15) is 0 Å². The molecule has 20 heavy (non-hydrogen) atoms. The first kappa shape index (κ1) is 13.5. The Bertz CT molecular complexity index is 506. The molecular weight excluding hydrogens is 272 g/mol. The molecule has 0 saturated carbocycles. The van der Waals surface area contributed by atoms with Gasteiger partial charge in [-0.15, -0.1) is 11.8 Å². The van der Waals surface area contributed by atoms with E-state index in [0.29, 0.717) is 6.54 Å². The number of rotatable bonds is 4. The molecule has 3 rings (SSSR count). The van der Waals surface area contributed by atoms with E-state index in [9.17, 15) is 9.59 Å². The lowest BCUT2D eigenvalue weighted by atomic mass is 10.1. The SMILES string of the molecule is O=C1C2CCCN2C(=O)CN1CCSc1ccccc1. The zero-order chi connectivity index (χ0) is 13.9. The average molecular weight is 290 g/mol. The molecule has 106 valence electrons. The van der Waals surface area contributed by atoms with Crippen LogP contribution < -0.4 is 0 Å². The number of thioether (sulfide) groups is 1. The third kappa shape index (κ3) is 2.68. The van der Waals surface area contributed by atoms with Crippen molar-refractivity contribution in [2.45, 2.75) is 23.8 Å². The molecule has 1 aromatic rings. The molecule has 2 aliphatic rings. The molecule has 1 unspecified atom stereocenters. The first-order valence-corrected chi connectivity index (χ1v) is 8.00. The standard InChI is InChI=1S/C15H18N2O2S/c18-14-11-16(15(19)13-7-4-8-17(13)14)9-10-20-12-5-2-1-3-6-12/h1-3,5-6,13H,4,7-11H2. The maximum absolute atomic E-state index is 12.3. The summed E-state index contributed by atoms with van der Waals surface area (Å²) in [6.07, 6.45) is 1.78. The molecule has 4 nitrogen and oxygen atoms in total. The van der Waals surface area contributed by atoms with Crippen LogP contribution in [0.3, 0.4) is 0 Å². The highest BCUT2D eigenvalue weighted by atomic mass is 32.2. The maximum atomic E-state index is 12.3. The van der Waals surface area contributed by atoms with Gasteiger partial charge in [0, 0.05) is 23.7 Å². The number of hydrogen-bond donors (Lipinski definition) is 0. The Morgan fingerprint density at radius 3 is 2.80 bits per heavy atom. The number of carbonyl (C=O) groups is 2. The highest BCUT2D eigenvalue weighted by molar-refractivity contribution is 7.99. The predicted octanol–water partition coefficient (Wildman–Crippen LogP) is 1.61. The zero-order valence-corrected chi connectivity index (χ0v) is 12.1. The summed E-state index contributed by atoms with van der Waals surface area (Å²) in [5.74, 6) is 1.07. The molecule has 2 heterocycles. The van der Waals surface area contributed by atoms with Crippen molar-refractivity contribution in [3.8, 4) is 0 Å². The van der Waals surface area contributed by atoms with Gasteiger partial charge in [0.2, 0.25) is 11.8 Å². The number of piperazine rings is 1. The molecule has 1 aromatic carbocycles. The first-order valence-electron chi connectivity index (χ1n) is 7.02. The number of hydrogen-bond acceptors (Lipinski definition) is 3. The van der Waals surface area contributed by atoms with Gasteiger partial charge in [0.05, 0.1) is 6.54 Å². The largest absolute Gasteiger partial charge is 0.331 e. The molecule has 2 saturated heterocycles. The average Bonchev–Trinajstić information content (AvgIpc) is 2.95. The van der Waals surface area contributed by atoms with Gasteiger partial charge < -0.3 is 9.80 Å². The topological polar surface area (TPSA) is 40.6 Å². The predicted molar refractivity (Wildman–Crippen MR) is 78.5 cm³/mol. The lowest BCUT2D eigenvalue weighted by Gasteiger charge is -2.36. The summed E-state index contributed by atoms with van der Waals surface area (Å²) in [5.41, 5.74) is 0. The van der Waals surface area contributed by atoms with E-state index < -0.39 is 0 Å². The summed E-state index contributed by atoms with van der Waals surface area (Å²) in [4.78, 5) is 29.0. The number of benzene rings is 1. The Kier molecular flexibility index (Phi) is 3.96. The Hall–Kier alpha value is -1.49. The highest BCUT2D eigenvalue weighted by Crippen LogP contribution is 2.24. The fourth-order valence-corrected chi connectivity index (χ4v) is 3.74. The Balaban J connectivity index is 1.55. The normalized spacial score (nSPS) is 22.3. The van der Waals surface area contributed by atoms with E-state index in [1.54, 1.807) is 21.6 Å². The number of nitrogens with zero attached hydrogens (tertiary/aromatic N) is 2. The van der Waals surface area contributed by atoms with Crippen molar-refractivity contribution < 1.29 is 9.59 Å².